The summed E-state index contributed by atoms with van der Waals surface area (Å²) >= 11 is 0. The molecular weight excluding hydrogens is 186 g/mol. The van der Waals surface area contributed by atoms with Crippen LogP contribution in [0.4, 0.5) is 11.4 Å². The van der Waals surface area contributed by atoms with Crippen molar-refractivity contribution in [2.24, 2.45) is 0 Å². The van der Waals surface area contributed by atoms with Crippen LogP contribution >= 0.6 is 0 Å². The van der Waals surface area contributed by atoms with Crippen LogP contribution in [0, 0.1) is 11.3 Å². The van der Waals surface area contributed by atoms with Gasteiger partial charge in [0, 0.05) is 18.8 Å². The molecule has 1 aliphatic rings. The lowest BCUT2D eigenvalue weighted by atomic mass is 10.1. The molecule has 1 heterocycles. The van der Waals surface area contributed by atoms with Crippen molar-refractivity contribution in [3.63, 3.8) is 0 Å². The monoisotopic (exact) mass is 201 g/mol. The second-order valence-electron chi connectivity index (χ2n) is 3.93. The summed E-state index contributed by atoms with van der Waals surface area (Å²) in [6, 6.07) is 7.78. The largest absolute Gasteiger partial charge is 0.398 e. The maximum absolute atomic E-state index is 8.78. The fourth-order valence-electron chi connectivity index (χ4n) is 2.00. The first-order valence-corrected chi connectivity index (χ1v) is 5.36. The summed E-state index contributed by atoms with van der Waals surface area (Å²) in [5, 5.41) is 8.78. The summed E-state index contributed by atoms with van der Waals surface area (Å²) in [5.74, 6) is 0. The summed E-state index contributed by atoms with van der Waals surface area (Å²) in [4.78, 5) is 2.33. The normalized spacial score (nSPS) is 16.1. The van der Waals surface area contributed by atoms with Crippen LogP contribution < -0.4 is 10.6 Å². The van der Waals surface area contributed by atoms with Gasteiger partial charge in [0.05, 0.1) is 11.3 Å². The maximum atomic E-state index is 8.78. The maximum Gasteiger partial charge on any atom is 0.101 e. The van der Waals surface area contributed by atoms with Gasteiger partial charge in [-0.2, -0.15) is 5.26 Å². The van der Waals surface area contributed by atoms with Crippen LogP contribution in [0.1, 0.15) is 24.8 Å². The lowest BCUT2D eigenvalue weighted by Gasteiger charge is -2.29. The van der Waals surface area contributed by atoms with Crippen LogP contribution in [-0.2, 0) is 0 Å². The van der Waals surface area contributed by atoms with Gasteiger partial charge in [0.1, 0.15) is 6.07 Å². The molecule has 1 aromatic carbocycles. The first kappa shape index (κ1) is 9.85. The predicted octanol–water partition coefficient (Wildman–Crippen LogP) is 2.13. The van der Waals surface area contributed by atoms with E-state index in [1.54, 1.807) is 6.07 Å². The van der Waals surface area contributed by atoms with Gasteiger partial charge in [-0.3, -0.25) is 0 Å². The van der Waals surface area contributed by atoms with Crippen LogP contribution in [0.2, 0.25) is 0 Å². The molecule has 0 spiro atoms. The number of hydrogen-bond acceptors (Lipinski definition) is 3. The first-order valence-electron chi connectivity index (χ1n) is 5.36. The molecule has 0 saturated carbocycles. The molecule has 2 N–H and O–H groups in total. The number of rotatable bonds is 1. The van der Waals surface area contributed by atoms with Crippen molar-refractivity contribution in [1.29, 1.82) is 5.26 Å². The lowest BCUT2D eigenvalue weighted by molar-refractivity contribution is 0.578. The molecule has 3 nitrogen and oxygen atoms in total. The number of anilines is 2. The minimum absolute atomic E-state index is 0.566. The Labute approximate surface area is 90.1 Å². The fraction of sp³-hybridized carbons (Fsp3) is 0.417. The van der Waals surface area contributed by atoms with Crippen LogP contribution in [-0.4, -0.2) is 13.1 Å². The van der Waals surface area contributed by atoms with Crippen molar-refractivity contribution in [2.75, 3.05) is 23.7 Å². The van der Waals surface area contributed by atoms with Gasteiger partial charge in [0.15, 0.2) is 0 Å². The molecule has 0 unspecified atom stereocenters. The van der Waals surface area contributed by atoms with E-state index in [4.69, 9.17) is 11.0 Å². The number of piperidine rings is 1. The Morgan fingerprint density at radius 1 is 1.20 bits per heavy atom. The van der Waals surface area contributed by atoms with Gasteiger partial charge < -0.3 is 10.6 Å². The zero-order valence-electron chi connectivity index (χ0n) is 8.74. The van der Waals surface area contributed by atoms with E-state index < -0.39 is 0 Å². The van der Waals surface area contributed by atoms with E-state index >= 15 is 0 Å². The van der Waals surface area contributed by atoms with Crippen molar-refractivity contribution in [3.05, 3.63) is 23.8 Å². The number of benzene rings is 1. The highest BCUT2D eigenvalue weighted by Gasteiger charge is 2.11. The second-order valence-corrected chi connectivity index (χ2v) is 3.93. The third-order valence-corrected chi connectivity index (χ3v) is 2.88. The van der Waals surface area contributed by atoms with Gasteiger partial charge in [-0.15, -0.1) is 0 Å². The second kappa shape index (κ2) is 4.22. The van der Waals surface area contributed by atoms with Crippen molar-refractivity contribution in [2.45, 2.75) is 19.3 Å². The Morgan fingerprint density at radius 3 is 2.53 bits per heavy atom. The Balaban J connectivity index is 2.22. The summed E-state index contributed by atoms with van der Waals surface area (Å²) < 4.78 is 0. The molecule has 1 fully saturated rings. The Morgan fingerprint density at radius 2 is 1.93 bits per heavy atom. The summed E-state index contributed by atoms with van der Waals surface area (Å²) in [5.41, 5.74) is 8.08. The highest BCUT2D eigenvalue weighted by Crippen LogP contribution is 2.23. The van der Waals surface area contributed by atoms with Gasteiger partial charge in [0.25, 0.3) is 0 Å². The number of nitrogens with two attached hydrogens (primary N) is 1. The summed E-state index contributed by atoms with van der Waals surface area (Å²) in [7, 11) is 0. The molecule has 0 radical (unpaired) electrons. The molecule has 15 heavy (non-hydrogen) atoms. The van der Waals surface area contributed by atoms with Crippen LogP contribution in [0.25, 0.3) is 0 Å². The smallest absolute Gasteiger partial charge is 0.101 e. The minimum atomic E-state index is 0.566. The van der Waals surface area contributed by atoms with E-state index in [1.165, 1.54) is 19.3 Å². The predicted molar refractivity (Wildman–Crippen MR) is 61.6 cm³/mol. The van der Waals surface area contributed by atoms with E-state index in [0.717, 1.165) is 18.8 Å². The Kier molecular flexibility index (Phi) is 2.77. The van der Waals surface area contributed by atoms with Gasteiger partial charge in [-0.05, 0) is 37.5 Å². The first-order chi connectivity index (χ1) is 7.31. The molecule has 3 heteroatoms. The average Bonchev–Trinajstić information content (AvgIpc) is 2.30. The quantitative estimate of drug-likeness (QED) is 0.708. The average molecular weight is 201 g/mol. The van der Waals surface area contributed by atoms with Crippen molar-refractivity contribution in [3.8, 4) is 6.07 Å². The molecule has 0 amide bonds. The Hall–Kier alpha value is -1.69. The molecule has 0 atom stereocenters. The molecule has 1 aromatic rings. The number of nitrogens with zero attached hydrogens (tertiary/aromatic N) is 2. The number of nitrogen functional groups attached to an aromatic ring is 1. The zero-order valence-corrected chi connectivity index (χ0v) is 8.74. The highest BCUT2D eigenvalue weighted by molar-refractivity contribution is 5.63. The molecule has 0 aliphatic carbocycles. The van der Waals surface area contributed by atoms with E-state index in [2.05, 4.69) is 11.0 Å². The standard InChI is InChI=1S/C12H15N3/c13-9-10-4-5-11(8-12(10)14)15-6-2-1-3-7-15/h4-5,8H,1-3,6-7,14H2. The van der Waals surface area contributed by atoms with Gasteiger partial charge in [-0.1, -0.05) is 0 Å². The summed E-state index contributed by atoms with van der Waals surface area (Å²) in [6.07, 6.45) is 3.82. The van der Waals surface area contributed by atoms with E-state index in [9.17, 15) is 0 Å². The van der Waals surface area contributed by atoms with Crippen molar-refractivity contribution >= 4 is 11.4 Å². The molecule has 78 valence electrons. The van der Waals surface area contributed by atoms with E-state index in [1.807, 2.05) is 12.1 Å². The molecular formula is C12H15N3. The molecule has 1 aliphatic heterocycles. The summed E-state index contributed by atoms with van der Waals surface area (Å²) in [6.45, 7) is 2.21. The zero-order chi connectivity index (χ0) is 10.7. The highest BCUT2D eigenvalue weighted by atomic mass is 15.1. The van der Waals surface area contributed by atoms with Crippen LogP contribution in [0.5, 0.6) is 0 Å². The minimum Gasteiger partial charge on any atom is -0.398 e. The van der Waals surface area contributed by atoms with Gasteiger partial charge in [-0.25, -0.2) is 0 Å². The third-order valence-electron chi connectivity index (χ3n) is 2.88. The molecule has 1 saturated heterocycles. The van der Waals surface area contributed by atoms with Crippen molar-refractivity contribution in [1.82, 2.24) is 0 Å². The topological polar surface area (TPSA) is 53.0 Å². The van der Waals surface area contributed by atoms with E-state index in [-0.39, 0.29) is 0 Å². The van der Waals surface area contributed by atoms with Crippen molar-refractivity contribution < 1.29 is 0 Å². The van der Waals surface area contributed by atoms with Gasteiger partial charge >= 0.3 is 0 Å². The van der Waals surface area contributed by atoms with Gasteiger partial charge in [0.2, 0.25) is 0 Å². The lowest BCUT2D eigenvalue weighted by Crippen LogP contribution is -2.29. The molecule has 0 aromatic heterocycles. The van der Waals surface area contributed by atoms with E-state index in [0.29, 0.717) is 11.3 Å². The number of nitriles is 1. The molecule has 0 bridgehead atoms. The van der Waals surface area contributed by atoms with Crippen LogP contribution in [0.3, 0.4) is 0 Å². The fourth-order valence-corrected chi connectivity index (χ4v) is 2.00. The van der Waals surface area contributed by atoms with Crippen LogP contribution in [0.15, 0.2) is 18.2 Å². The SMILES string of the molecule is N#Cc1ccc(N2CCCCC2)cc1N. The Bertz CT molecular complexity index is 386. The molecule has 2 rings (SSSR count). The number of hydrogen-bond donors (Lipinski definition) is 1. The third kappa shape index (κ3) is 2.04.